The van der Waals surface area contributed by atoms with E-state index in [9.17, 15) is 0 Å². The molecule has 20 heavy (non-hydrogen) atoms. The van der Waals surface area contributed by atoms with Crippen molar-refractivity contribution in [2.24, 2.45) is 5.92 Å². The van der Waals surface area contributed by atoms with Gasteiger partial charge in [0, 0.05) is 17.0 Å². The van der Waals surface area contributed by atoms with Crippen molar-refractivity contribution in [1.29, 1.82) is 0 Å². The smallest absolute Gasteiger partial charge is 0.226 e. The van der Waals surface area contributed by atoms with E-state index in [1.807, 2.05) is 24.3 Å². The lowest BCUT2D eigenvalue weighted by atomic mass is 9.93. The molecular formula is C15H18ClN3O. The molecule has 0 amide bonds. The van der Waals surface area contributed by atoms with Crippen LogP contribution in [-0.4, -0.2) is 23.2 Å². The Morgan fingerprint density at radius 1 is 1.30 bits per heavy atom. The molecule has 5 heteroatoms. The molecule has 3 rings (SSSR count). The van der Waals surface area contributed by atoms with Gasteiger partial charge in [0.25, 0.3) is 0 Å². The molecular weight excluding hydrogens is 274 g/mol. The predicted molar refractivity (Wildman–Crippen MR) is 78.7 cm³/mol. The minimum Gasteiger partial charge on any atom is -0.339 e. The SMILES string of the molecule is Clc1cccc(-c2noc(CCC3CCNCC3)n2)c1. The molecule has 2 heterocycles. The molecule has 0 saturated carbocycles. The minimum atomic E-state index is 0.618. The molecule has 0 spiro atoms. The van der Waals surface area contributed by atoms with Crippen LogP contribution in [0.15, 0.2) is 28.8 Å². The Morgan fingerprint density at radius 2 is 2.15 bits per heavy atom. The van der Waals surface area contributed by atoms with Crippen LogP contribution >= 0.6 is 11.6 Å². The monoisotopic (exact) mass is 291 g/mol. The molecule has 0 atom stereocenters. The van der Waals surface area contributed by atoms with Crippen LogP contribution in [0.4, 0.5) is 0 Å². The van der Waals surface area contributed by atoms with Gasteiger partial charge in [-0.3, -0.25) is 0 Å². The molecule has 1 aliphatic heterocycles. The van der Waals surface area contributed by atoms with Crippen molar-refractivity contribution >= 4 is 11.6 Å². The van der Waals surface area contributed by atoms with Crippen LogP contribution in [0.3, 0.4) is 0 Å². The van der Waals surface area contributed by atoms with E-state index in [1.165, 1.54) is 12.8 Å². The molecule has 2 aromatic rings. The summed E-state index contributed by atoms with van der Waals surface area (Å²) in [6, 6.07) is 7.52. The number of hydrogen-bond donors (Lipinski definition) is 1. The second kappa shape index (κ2) is 6.37. The Bertz CT molecular complexity index is 564. The van der Waals surface area contributed by atoms with E-state index in [0.717, 1.165) is 43.3 Å². The number of halogens is 1. The van der Waals surface area contributed by atoms with Gasteiger partial charge in [-0.05, 0) is 50.4 Å². The van der Waals surface area contributed by atoms with Gasteiger partial charge in [0.1, 0.15) is 0 Å². The second-order valence-corrected chi connectivity index (χ2v) is 5.69. The number of nitrogens with zero attached hydrogens (tertiary/aromatic N) is 2. The first-order valence-electron chi connectivity index (χ1n) is 7.10. The Hall–Kier alpha value is -1.39. The predicted octanol–water partition coefficient (Wildman–Crippen LogP) is 3.32. The van der Waals surface area contributed by atoms with E-state index in [1.54, 1.807) is 0 Å². The molecule has 0 aliphatic carbocycles. The molecule has 4 nitrogen and oxygen atoms in total. The Kier molecular flexibility index (Phi) is 4.33. The lowest BCUT2D eigenvalue weighted by Gasteiger charge is -2.21. The third-order valence-electron chi connectivity index (χ3n) is 3.78. The highest BCUT2D eigenvalue weighted by atomic mass is 35.5. The number of rotatable bonds is 4. The molecule has 1 saturated heterocycles. The minimum absolute atomic E-state index is 0.618. The van der Waals surface area contributed by atoms with Crippen molar-refractivity contribution in [2.45, 2.75) is 25.7 Å². The summed E-state index contributed by atoms with van der Waals surface area (Å²) in [6.45, 7) is 2.25. The number of benzene rings is 1. The number of piperidine rings is 1. The maximum atomic E-state index is 5.97. The van der Waals surface area contributed by atoms with Gasteiger partial charge in [-0.2, -0.15) is 4.98 Å². The quantitative estimate of drug-likeness (QED) is 0.939. The highest BCUT2D eigenvalue weighted by Crippen LogP contribution is 2.22. The summed E-state index contributed by atoms with van der Waals surface area (Å²) in [5, 5.41) is 8.10. The van der Waals surface area contributed by atoms with Crippen molar-refractivity contribution < 1.29 is 4.52 Å². The van der Waals surface area contributed by atoms with Crippen molar-refractivity contribution in [1.82, 2.24) is 15.5 Å². The standard InChI is InChI=1S/C15H18ClN3O/c16-13-3-1-2-12(10-13)15-18-14(20-19-15)5-4-11-6-8-17-9-7-11/h1-3,10-11,17H,4-9H2. The molecule has 1 fully saturated rings. The van der Waals surface area contributed by atoms with E-state index in [-0.39, 0.29) is 0 Å². The summed E-state index contributed by atoms with van der Waals surface area (Å²) in [4.78, 5) is 4.45. The van der Waals surface area contributed by atoms with Crippen LogP contribution in [0.5, 0.6) is 0 Å². The van der Waals surface area contributed by atoms with Crippen LogP contribution in [-0.2, 0) is 6.42 Å². The number of nitrogens with one attached hydrogen (secondary N) is 1. The Balaban J connectivity index is 1.61. The first-order chi connectivity index (χ1) is 9.81. The fourth-order valence-electron chi connectivity index (χ4n) is 2.60. The van der Waals surface area contributed by atoms with Crippen LogP contribution in [0.25, 0.3) is 11.4 Å². The molecule has 1 aromatic carbocycles. The summed E-state index contributed by atoms with van der Waals surface area (Å²) in [7, 11) is 0. The molecule has 0 bridgehead atoms. The number of aromatic nitrogens is 2. The summed E-state index contributed by atoms with van der Waals surface area (Å²) >= 11 is 5.97. The molecule has 0 radical (unpaired) electrons. The van der Waals surface area contributed by atoms with Crippen LogP contribution < -0.4 is 5.32 Å². The van der Waals surface area contributed by atoms with Gasteiger partial charge in [0.15, 0.2) is 0 Å². The average Bonchev–Trinajstić information content (AvgIpc) is 2.95. The van der Waals surface area contributed by atoms with Crippen molar-refractivity contribution in [3.63, 3.8) is 0 Å². The van der Waals surface area contributed by atoms with Crippen LogP contribution in [0.2, 0.25) is 5.02 Å². The van der Waals surface area contributed by atoms with E-state index in [4.69, 9.17) is 16.1 Å². The first kappa shape index (κ1) is 13.6. The van der Waals surface area contributed by atoms with E-state index in [2.05, 4.69) is 15.5 Å². The second-order valence-electron chi connectivity index (χ2n) is 5.25. The van der Waals surface area contributed by atoms with Gasteiger partial charge in [-0.25, -0.2) is 0 Å². The van der Waals surface area contributed by atoms with Crippen LogP contribution in [0, 0.1) is 5.92 Å². The highest BCUT2D eigenvalue weighted by Gasteiger charge is 2.15. The lowest BCUT2D eigenvalue weighted by Crippen LogP contribution is -2.27. The molecule has 1 aliphatic rings. The van der Waals surface area contributed by atoms with Gasteiger partial charge >= 0.3 is 0 Å². The number of aryl methyl sites for hydroxylation is 1. The van der Waals surface area contributed by atoms with Gasteiger partial charge < -0.3 is 9.84 Å². The van der Waals surface area contributed by atoms with Crippen molar-refractivity contribution in [3.8, 4) is 11.4 Å². The molecule has 1 aromatic heterocycles. The zero-order chi connectivity index (χ0) is 13.8. The van der Waals surface area contributed by atoms with Crippen molar-refractivity contribution in [3.05, 3.63) is 35.2 Å². The summed E-state index contributed by atoms with van der Waals surface area (Å²) < 4.78 is 5.33. The number of hydrogen-bond acceptors (Lipinski definition) is 4. The van der Waals surface area contributed by atoms with Gasteiger partial charge in [-0.1, -0.05) is 28.9 Å². The van der Waals surface area contributed by atoms with E-state index in [0.29, 0.717) is 10.8 Å². The highest BCUT2D eigenvalue weighted by molar-refractivity contribution is 6.30. The zero-order valence-corrected chi connectivity index (χ0v) is 12.1. The first-order valence-corrected chi connectivity index (χ1v) is 7.48. The molecule has 0 unspecified atom stereocenters. The third-order valence-corrected chi connectivity index (χ3v) is 4.01. The largest absolute Gasteiger partial charge is 0.339 e. The fourth-order valence-corrected chi connectivity index (χ4v) is 2.79. The van der Waals surface area contributed by atoms with Crippen LogP contribution in [0.1, 0.15) is 25.2 Å². The van der Waals surface area contributed by atoms with E-state index >= 15 is 0 Å². The third kappa shape index (κ3) is 3.38. The summed E-state index contributed by atoms with van der Waals surface area (Å²) in [6.07, 6.45) is 4.47. The fraction of sp³-hybridized carbons (Fsp3) is 0.467. The van der Waals surface area contributed by atoms with Gasteiger partial charge in [-0.15, -0.1) is 0 Å². The Morgan fingerprint density at radius 3 is 2.95 bits per heavy atom. The normalized spacial score (nSPS) is 16.4. The van der Waals surface area contributed by atoms with Gasteiger partial charge in [0.2, 0.25) is 11.7 Å². The lowest BCUT2D eigenvalue weighted by molar-refractivity contribution is 0.324. The Labute approximate surface area is 123 Å². The molecule has 106 valence electrons. The average molecular weight is 292 g/mol. The maximum Gasteiger partial charge on any atom is 0.226 e. The topological polar surface area (TPSA) is 51.0 Å². The van der Waals surface area contributed by atoms with E-state index < -0.39 is 0 Å². The van der Waals surface area contributed by atoms with Gasteiger partial charge in [0.05, 0.1) is 0 Å². The summed E-state index contributed by atoms with van der Waals surface area (Å²) in [5.74, 6) is 2.11. The summed E-state index contributed by atoms with van der Waals surface area (Å²) in [5.41, 5.74) is 0.898. The van der Waals surface area contributed by atoms with Crippen molar-refractivity contribution in [2.75, 3.05) is 13.1 Å². The molecule has 1 N–H and O–H groups in total. The maximum absolute atomic E-state index is 5.97. The zero-order valence-electron chi connectivity index (χ0n) is 11.3.